The van der Waals surface area contributed by atoms with Crippen molar-refractivity contribution in [1.82, 2.24) is 15.1 Å². The molecule has 1 aromatic heterocycles. The van der Waals surface area contributed by atoms with Crippen LogP contribution in [0.1, 0.15) is 32.0 Å². The molecule has 1 atom stereocenters. The number of aryl methyl sites for hydroxylation is 2. The highest BCUT2D eigenvalue weighted by molar-refractivity contribution is 6.30. The van der Waals surface area contributed by atoms with Crippen molar-refractivity contribution in [3.8, 4) is 0 Å². The molecule has 19 heavy (non-hydrogen) atoms. The summed E-state index contributed by atoms with van der Waals surface area (Å²) in [6.07, 6.45) is -0.406. The van der Waals surface area contributed by atoms with Crippen molar-refractivity contribution >= 4 is 17.5 Å². The third kappa shape index (κ3) is 4.21. The van der Waals surface area contributed by atoms with Crippen LogP contribution in [-0.2, 0) is 18.3 Å². The fourth-order valence-corrected chi connectivity index (χ4v) is 1.86. The Labute approximate surface area is 118 Å². The molecule has 0 fully saturated rings. The molecule has 0 aliphatic rings. The van der Waals surface area contributed by atoms with Crippen LogP contribution in [0.4, 0.5) is 0 Å². The van der Waals surface area contributed by atoms with Gasteiger partial charge in [0.25, 0.3) is 0 Å². The molecular weight excluding hydrogens is 266 g/mol. The minimum Gasteiger partial charge on any atom is -0.391 e. The third-order valence-electron chi connectivity index (χ3n) is 3.10. The van der Waals surface area contributed by atoms with Crippen LogP contribution in [0.15, 0.2) is 0 Å². The Kier molecular flexibility index (Phi) is 4.98. The monoisotopic (exact) mass is 287 g/mol. The fraction of sp³-hybridized carbons (Fsp3) is 0.692. The summed E-state index contributed by atoms with van der Waals surface area (Å²) in [6, 6.07) is 0. The first kappa shape index (κ1) is 16.0. The number of halogens is 1. The maximum Gasteiger partial charge on any atom is 0.224 e. The molecule has 1 amide bonds. The Morgan fingerprint density at radius 2 is 2.11 bits per heavy atom. The maximum absolute atomic E-state index is 11.8. The van der Waals surface area contributed by atoms with Gasteiger partial charge in [-0.1, -0.05) is 32.4 Å². The first-order chi connectivity index (χ1) is 8.62. The summed E-state index contributed by atoms with van der Waals surface area (Å²) in [6.45, 7) is 7.82. The van der Waals surface area contributed by atoms with E-state index in [0.29, 0.717) is 5.15 Å². The summed E-state index contributed by atoms with van der Waals surface area (Å²) in [5.41, 5.74) is 1.22. The Morgan fingerprint density at radius 1 is 1.53 bits per heavy atom. The van der Waals surface area contributed by atoms with E-state index in [1.165, 1.54) is 0 Å². The van der Waals surface area contributed by atoms with Gasteiger partial charge < -0.3 is 10.4 Å². The van der Waals surface area contributed by atoms with Crippen LogP contribution in [0.3, 0.4) is 0 Å². The normalized spacial score (nSPS) is 13.4. The lowest BCUT2D eigenvalue weighted by Gasteiger charge is -2.25. The van der Waals surface area contributed by atoms with Crippen molar-refractivity contribution in [2.24, 2.45) is 12.5 Å². The van der Waals surface area contributed by atoms with Gasteiger partial charge in [0.05, 0.1) is 18.2 Å². The minimum atomic E-state index is -0.582. The van der Waals surface area contributed by atoms with Gasteiger partial charge in [-0.25, -0.2) is 0 Å². The molecular formula is C13H22ClN3O2. The van der Waals surface area contributed by atoms with Gasteiger partial charge in [-0.2, -0.15) is 5.10 Å². The van der Waals surface area contributed by atoms with E-state index in [-0.39, 0.29) is 24.3 Å². The number of aromatic nitrogens is 2. The minimum absolute atomic E-state index is 0.165. The van der Waals surface area contributed by atoms with Crippen LogP contribution in [0.5, 0.6) is 0 Å². The van der Waals surface area contributed by atoms with Crippen LogP contribution < -0.4 is 5.32 Å². The second kappa shape index (κ2) is 5.92. The zero-order chi connectivity index (χ0) is 14.8. The topological polar surface area (TPSA) is 67.2 Å². The van der Waals surface area contributed by atoms with Crippen LogP contribution >= 0.6 is 11.6 Å². The highest BCUT2D eigenvalue weighted by atomic mass is 35.5. The van der Waals surface area contributed by atoms with Gasteiger partial charge in [-0.15, -0.1) is 0 Å². The van der Waals surface area contributed by atoms with E-state index in [1.54, 1.807) is 11.7 Å². The molecule has 2 N–H and O–H groups in total. The first-order valence-electron chi connectivity index (χ1n) is 6.25. The van der Waals surface area contributed by atoms with Crippen LogP contribution in [0, 0.1) is 12.3 Å². The van der Waals surface area contributed by atoms with Crippen molar-refractivity contribution in [3.05, 3.63) is 16.4 Å². The molecule has 0 bridgehead atoms. The fourth-order valence-electron chi connectivity index (χ4n) is 1.61. The van der Waals surface area contributed by atoms with Gasteiger partial charge in [0.2, 0.25) is 5.91 Å². The average Bonchev–Trinajstić information content (AvgIpc) is 2.51. The summed E-state index contributed by atoms with van der Waals surface area (Å²) in [7, 11) is 1.74. The molecule has 108 valence electrons. The molecule has 1 rings (SSSR count). The number of rotatable bonds is 4. The molecule has 0 radical (unpaired) electrons. The number of hydrogen-bond acceptors (Lipinski definition) is 3. The summed E-state index contributed by atoms with van der Waals surface area (Å²) in [4.78, 5) is 11.8. The van der Waals surface area contributed by atoms with Gasteiger partial charge >= 0.3 is 0 Å². The van der Waals surface area contributed by atoms with Crippen molar-refractivity contribution in [2.75, 3.05) is 6.54 Å². The molecule has 5 nitrogen and oxygen atoms in total. The lowest BCUT2D eigenvalue weighted by Crippen LogP contribution is -2.39. The molecule has 1 aromatic rings. The summed E-state index contributed by atoms with van der Waals surface area (Å²) < 4.78 is 1.55. The largest absolute Gasteiger partial charge is 0.391 e. The van der Waals surface area contributed by atoms with Crippen molar-refractivity contribution in [1.29, 1.82) is 0 Å². The van der Waals surface area contributed by atoms with E-state index in [0.717, 1.165) is 11.3 Å². The first-order valence-corrected chi connectivity index (χ1v) is 6.63. The third-order valence-corrected chi connectivity index (χ3v) is 3.57. The molecule has 0 saturated heterocycles. The lowest BCUT2D eigenvalue weighted by molar-refractivity contribution is -0.121. The number of aliphatic hydroxyl groups is 1. The number of amides is 1. The molecule has 0 saturated carbocycles. The molecule has 1 heterocycles. The van der Waals surface area contributed by atoms with Crippen molar-refractivity contribution in [2.45, 2.75) is 40.2 Å². The predicted octanol–water partition coefficient (Wildman–Crippen LogP) is 1.45. The number of nitrogens with zero attached hydrogens (tertiary/aromatic N) is 2. The van der Waals surface area contributed by atoms with Gasteiger partial charge in [0, 0.05) is 19.2 Å². The number of carbonyl (C=O) groups is 1. The average molecular weight is 288 g/mol. The Balaban J connectivity index is 2.57. The second-order valence-corrected chi connectivity index (χ2v) is 6.20. The molecule has 0 aliphatic carbocycles. The van der Waals surface area contributed by atoms with Gasteiger partial charge in [-0.05, 0) is 12.3 Å². The number of nitrogens with one attached hydrogen (secondary N) is 1. The van der Waals surface area contributed by atoms with E-state index in [2.05, 4.69) is 10.4 Å². The molecule has 0 spiro atoms. The SMILES string of the molecule is Cc1nn(C)c(Cl)c1CC(=O)NCC(O)C(C)(C)C. The van der Waals surface area contributed by atoms with Crippen LogP contribution in [0.25, 0.3) is 0 Å². The van der Waals surface area contributed by atoms with Crippen molar-refractivity contribution in [3.63, 3.8) is 0 Å². The summed E-state index contributed by atoms with van der Waals surface area (Å²) in [5, 5.41) is 17.2. The lowest BCUT2D eigenvalue weighted by atomic mass is 9.89. The molecule has 6 heteroatoms. The van der Waals surface area contributed by atoms with E-state index in [4.69, 9.17) is 11.6 Å². The quantitative estimate of drug-likeness (QED) is 0.881. The van der Waals surface area contributed by atoms with E-state index in [1.807, 2.05) is 27.7 Å². The van der Waals surface area contributed by atoms with E-state index < -0.39 is 6.10 Å². The van der Waals surface area contributed by atoms with Gasteiger partial charge in [0.1, 0.15) is 5.15 Å². The van der Waals surface area contributed by atoms with Crippen LogP contribution in [0.2, 0.25) is 5.15 Å². The zero-order valence-electron chi connectivity index (χ0n) is 12.1. The van der Waals surface area contributed by atoms with E-state index >= 15 is 0 Å². The smallest absolute Gasteiger partial charge is 0.224 e. The van der Waals surface area contributed by atoms with E-state index in [9.17, 15) is 9.90 Å². The zero-order valence-corrected chi connectivity index (χ0v) is 12.9. The molecule has 0 aliphatic heterocycles. The number of aliphatic hydroxyl groups excluding tert-OH is 1. The highest BCUT2D eigenvalue weighted by Crippen LogP contribution is 2.20. The molecule has 1 unspecified atom stereocenters. The standard InChI is InChI=1S/C13H22ClN3O2/c1-8-9(12(14)17(5)16-8)6-11(19)15-7-10(18)13(2,3)4/h10,18H,6-7H2,1-5H3,(H,15,19). The summed E-state index contributed by atoms with van der Waals surface area (Å²) >= 11 is 6.06. The Bertz CT molecular complexity index is 463. The Morgan fingerprint density at radius 3 is 2.53 bits per heavy atom. The summed E-state index contributed by atoms with van der Waals surface area (Å²) in [5.74, 6) is -0.165. The predicted molar refractivity (Wildman–Crippen MR) is 75.1 cm³/mol. The van der Waals surface area contributed by atoms with Gasteiger partial charge in [0.15, 0.2) is 0 Å². The van der Waals surface area contributed by atoms with Gasteiger partial charge in [-0.3, -0.25) is 9.48 Å². The number of hydrogen-bond donors (Lipinski definition) is 2. The molecule has 0 aromatic carbocycles. The maximum atomic E-state index is 11.8. The Hall–Kier alpha value is -1.07. The second-order valence-electron chi connectivity index (χ2n) is 5.84. The highest BCUT2D eigenvalue weighted by Gasteiger charge is 2.23. The van der Waals surface area contributed by atoms with Crippen LogP contribution in [-0.4, -0.2) is 33.4 Å². The van der Waals surface area contributed by atoms with Crippen molar-refractivity contribution < 1.29 is 9.90 Å². The number of carbonyl (C=O) groups excluding carboxylic acids is 1.